The van der Waals surface area contributed by atoms with Crippen LogP contribution in [0.25, 0.3) is 0 Å². The summed E-state index contributed by atoms with van der Waals surface area (Å²) in [4.78, 5) is 21.9. The van der Waals surface area contributed by atoms with E-state index >= 15 is 0 Å². The summed E-state index contributed by atoms with van der Waals surface area (Å²) < 4.78 is 37.6. The van der Waals surface area contributed by atoms with Crippen LogP contribution in [0, 0.1) is 0 Å². The van der Waals surface area contributed by atoms with Crippen LogP contribution in [-0.4, -0.2) is 11.7 Å². The van der Waals surface area contributed by atoms with Gasteiger partial charge in [0.1, 0.15) is 5.78 Å². The Labute approximate surface area is 106 Å². The highest BCUT2D eigenvalue weighted by Crippen LogP contribution is 2.36. The van der Waals surface area contributed by atoms with Crippen molar-refractivity contribution < 1.29 is 22.8 Å². The van der Waals surface area contributed by atoms with E-state index in [1.165, 1.54) is 13.0 Å². The largest absolute Gasteiger partial charge is 0.417 e. The summed E-state index contributed by atoms with van der Waals surface area (Å²) in [7, 11) is 0. The molecule has 0 bridgehead atoms. The maximum absolute atomic E-state index is 12.5. The van der Waals surface area contributed by atoms with Crippen molar-refractivity contribution in [3.05, 3.63) is 28.8 Å². The fourth-order valence-electron chi connectivity index (χ4n) is 1.25. The second-order valence-electron chi connectivity index (χ2n) is 3.62. The average molecular weight is 280 g/mol. The van der Waals surface area contributed by atoms with Gasteiger partial charge in [0.2, 0.25) is 5.91 Å². The number of Topliss-reactive ketones (excluding diaryl/α,β-unsaturated/α-hetero) is 1. The Hall–Kier alpha value is -1.56. The quantitative estimate of drug-likeness (QED) is 0.863. The molecular formula is C11H9ClF3NO2. The molecule has 0 saturated heterocycles. The molecule has 0 atom stereocenters. The van der Waals surface area contributed by atoms with Crippen LogP contribution in [0.1, 0.15) is 18.9 Å². The number of hydrogen-bond acceptors (Lipinski definition) is 2. The number of benzene rings is 1. The molecule has 0 saturated carbocycles. The van der Waals surface area contributed by atoms with Gasteiger partial charge in [0.05, 0.1) is 17.0 Å². The molecule has 0 spiro atoms. The standard InChI is InChI=1S/C11H9ClF3NO2/c1-6(17)4-10(18)16-7-2-3-9(12)8(5-7)11(13,14)15/h2-3,5H,4H2,1H3,(H,16,18). The number of carbonyl (C=O) groups is 2. The van der Waals surface area contributed by atoms with Gasteiger partial charge in [0.25, 0.3) is 0 Å². The first-order valence-electron chi connectivity index (χ1n) is 4.86. The third-order valence-electron chi connectivity index (χ3n) is 1.97. The highest BCUT2D eigenvalue weighted by molar-refractivity contribution is 6.31. The summed E-state index contributed by atoms with van der Waals surface area (Å²) in [5.74, 6) is -1.05. The summed E-state index contributed by atoms with van der Waals surface area (Å²) in [5, 5.41) is 1.74. The molecule has 18 heavy (non-hydrogen) atoms. The normalized spacial score (nSPS) is 11.2. The van der Waals surface area contributed by atoms with Crippen molar-refractivity contribution in [1.29, 1.82) is 0 Å². The van der Waals surface area contributed by atoms with Gasteiger partial charge in [-0.1, -0.05) is 11.6 Å². The van der Waals surface area contributed by atoms with Crippen LogP contribution in [0.4, 0.5) is 18.9 Å². The predicted molar refractivity (Wildman–Crippen MR) is 60.4 cm³/mol. The van der Waals surface area contributed by atoms with E-state index in [-0.39, 0.29) is 17.9 Å². The lowest BCUT2D eigenvalue weighted by Crippen LogP contribution is -2.15. The molecule has 0 aliphatic rings. The van der Waals surface area contributed by atoms with Crippen molar-refractivity contribution in [2.75, 3.05) is 5.32 Å². The molecule has 1 aromatic rings. The second-order valence-corrected chi connectivity index (χ2v) is 4.03. The number of carbonyl (C=O) groups excluding carboxylic acids is 2. The molecule has 0 radical (unpaired) electrons. The van der Waals surface area contributed by atoms with Crippen molar-refractivity contribution in [3.63, 3.8) is 0 Å². The molecular weight excluding hydrogens is 271 g/mol. The smallest absolute Gasteiger partial charge is 0.326 e. The van der Waals surface area contributed by atoms with E-state index in [9.17, 15) is 22.8 Å². The second kappa shape index (κ2) is 5.39. The highest BCUT2D eigenvalue weighted by atomic mass is 35.5. The van der Waals surface area contributed by atoms with E-state index in [2.05, 4.69) is 5.32 Å². The van der Waals surface area contributed by atoms with Crippen LogP contribution in [0.5, 0.6) is 0 Å². The van der Waals surface area contributed by atoms with Gasteiger partial charge < -0.3 is 5.32 Å². The summed E-state index contributed by atoms with van der Waals surface area (Å²) >= 11 is 5.41. The molecule has 0 fully saturated rings. The Morgan fingerprint density at radius 3 is 2.44 bits per heavy atom. The van der Waals surface area contributed by atoms with Crippen molar-refractivity contribution >= 4 is 29.0 Å². The van der Waals surface area contributed by atoms with Crippen LogP contribution in [0.3, 0.4) is 0 Å². The van der Waals surface area contributed by atoms with Gasteiger partial charge in [-0.2, -0.15) is 13.2 Å². The minimum Gasteiger partial charge on any atom is -0.326 e. The Kier molecular flexibility index (Phi) is 4.34. The van der Waals surface area contributed by atoms with Crippen LogP contribution >= 0.6 is 11.6 Å². The molecule has 1 N–H and O–H groups in total. The fraction of sp³-hybridized carbons (Fsp3) is 0.273. The zero-order chi connectivity index (χ0) is 13.9. The zero-order valence-electron chi connectivity index (χ0n) is 9.27. The van der Waals surface area contributed by atoms with Crippen LogP contribution < -0.4 is 5.32 Å². The highest BCUT2D eigenvalue weighted by Gasteiger charge is 2.33. The zero-order valence-corrected chi connectivity index (χ0v) is 10.0. The minimum atomic E-state index is -4.60. The van der Waals surface area contributed by atoms with Crippen molar-refractivity contribution in [3.8, 4) is 0 Å². The van der Waals surface area contributed by atoms with E-state index < -0.39 is 22.7 Å². The monoisotopic (exact) mass is 279 g/mol. The number of halogens is 4. The Morgan fingerprint density at radius 2 is 1.94 bits per heavy atom. The van der Waals surface area contributed by atoms with Gasteiger partial charge >= 0.3 is 6.18 Å². The Balaban J connectivity index is 2.92. The molecule has 1 rings (SSSR count). The molecule has 98 valence electrons. The van der Waals surface area contributed by atoms with Gasteiger partial charge in [-0.15, -0.1) is 0 Å². The summed E-state index contributed by atoms with van der Waals surface area (Å²) in [6.07, 6.45) is -4.98. The molecule has 0 aliphatic carbocycles. The lowest BCUT2D eigenvalue weighted by atomic mass is 10.2. The number of amides is 1. The van der Waals surface area contributed by atoms with E-state index in [4.69, 9.17) is 11.6 Å². The van der Waals surface area contributed by atoms with E-state index in [1.807, 2.05) is 0 Å². The molecule has 7 heteroatoms. The summed E-state index contributed by atoms with van der Waals surface area (Å²) in [6, 6.07) is 2.99. The molecule has 3 nitrogen and oxygen atoms in total. The third kappa shape index (κ3) is 4.03. The molecule has 1 amide bonds. The SMILES string of the molecule is CC(=O)CC(=O)Nc1ccc(Cl)c(C(F)(F)F)c1. The van der Waals surface area contributed by atoms with Gasteiger partial charge in [0, 0.05) is 5.69 Å². The van der Waals surface area contributed by atoms with Crippen molar-refractivity contribution in [2.24, 2.45) is 0 Å². The molecule has 0 unspecified atom stereocenters. The lowest BCUT2D eigenvalue weighted by molar-refractivity contribution is -0.137. The molecule has 0 aliphatic heterocycles. The molecule has 0 heterocycles. The van der Waals surface area contributed by atoms with E-state index in [1.54, 1.807) is 0 Å². The summed E-state index contributed by atoms with van der Waals surface area (Å²) in [5.41, 5.74) is -1.09. The fourth-order valence-corrected chi connectivity index (χ4v) is 1.48. The van der Waals surface area contributed by atoms with Crippen LogP contribution in [-0.2, 0) is 15.8 Å². The van der Waals surface area contributed by atoms with Gasteiger partial charge in [0.15, 0.2) is 0 Å². The number of rotatable bonds is 3. The third-order valence-corrected chi connectivity index (χ3v) is 2.29. The predicted octanol–water partition coefficient (Wildman–Crippen LogP) is 3.28. The number of alkyl halides is 3. The topological polar surface area (TPSA) is 46.2 Å². The van der Waals surface area contributed by atoms with Crippen LogP contribution in [0.2, 0.25) is 5.02 Å². The van der Waals surface area contributed by atoms with E-state index in [0.717, 1.165) is 12.1 Å². The average Bonchev–Trinajstić information content (AvgIpc) is 2.17. The minimum absolute atomic E-state index is 0.0574. The maximum Gasteiger partial charge on any atom is 0.417 e. The Bertz CT molecular complexity index is 486. The summed E-state index contributed by atoms with van der Waals surface area (Å²) in [6.45, 7) is 1.21. The van der Waals surface area contributed by atoms with E-state index in [0.29, 0.717) is 0 Å². The molecule has 1 aromatic carbocycles. The van der Waals surface area contributed by atoms with Gasteiger partial charge in [-0.05, 0) is 25.1 Å². The Morgan fingerprint density at radius 1 is 1.33 bits per heavy atom. The van der Waals surface area contributed by atoms with Gasteiger partial charge in [-0.25, -0.2) is 0 Å². The lowest BCUT2D eigenvalue weighted by Gasteiger charge is -2.11. The van der Waals surface area contributed by atoms with Crippen molar-refractivity contribution in [1.82, 2.24) is 0 Å². The first-order valence-corrected chi connectivity index (χ1v) is 5.24. The first-order chi connectivity index (χ1) is 8.20. The van der Waals surface area contributed by atoms with Crippen LogP contribution in [0.15, 0.2) is 18.2 Å². The van der Waals surface area contributed by atoms with Gasteiger partial charge in [-0.3, -0.25) is 9.59 Å². The number of anilines is 1. The van der Waals surface area contributed by atoms with Crippen molar-refractivity contribution in [2.45, 2.75) is 19.5 Å². The maximum atomic E-state index is 12.5. The number of nitrogens with one attached hydrogen (secondary N) is 1. The number of ketones is 1. The number of hydrogen-bond donors (Lipinski definition) is 1. The molecule has 0 aromatic heterocycles. The first kappa shape index (κ1) is 14.5.